The van der Waals surface area contributed by atoms with E-state index < -0.39 is 0 Å². The monoisotopic (exact) mass is 318 g/mol. The summed E-state index contributed by atoms with van der Waals surface area (Å²) in [6.07, 6.45) is 2.15. The van der Waals surface area contributed by atoms with E-state index in [1.807, 2.05) is 59.5 Å². The molecule has 2 aromatic carbocycles. The first-order valence-corrected chi connectivity index (χ1v) is 8.07. The van der Waals surface area contributed by atoms with E-state index in [0.29, 0.717) is 12.1 Å². The Balaban J connectivity index is 1.64. The Labute approximate surface area is 140 Å². The summed E-state index contributed by atoms with van der Waals surface area (Å²) in [5, 5.41) is 3.43. The summed E-state index contributed by atoms with van der Waals surface area (Å²) in [6, 6.07) is 21.5. The second-order valence-electron chi connectivity index (χ2n) is 5.84. The Kier molecular flexibility index (Phi) is 3.79. The lowest BCUT2D eigenvalue weighted by Gasteiger charge is -2.36. The van der Waals surface area contributed by atoms with Gasteiger partial charge in [-0.25, -0.2) is 0 Å². The van der Waals surface area contributed by atoms with Crippen molar-refractivity contribution in [3.8, 4) is 0 Å². The van der Waals surface area contributed by atoms with Crippen molar-refractivity contribution in [1.82, 2.24) is 4.90 Å². The van der Waals surface area contributed by atoms with Crippen molar-refractivity contribution in [3.05, 3.63) is 89.9 Å². The second kappa shape index (κ2) is 6.24. The van der Waals surface area contributed by atoms with Crippen molar-refractivity contribution in [3.63, 3.8) is 0 Å². The van der Waals surface area contributed by atoms with Crippen LogP contribution in [-0.4, -0.2) is 17.4 Å². The van der Waals surface area contributed by atoms with Crippen LogP contribution in [0, 0.1) is 0 Å². The number of anilines is 1. The first-order valence-electron chi connectivity index (χ1n) is 8.07. The summed E-state index contributed by atoms with van der Waals surface area (Å²) in [5.74, 6) is 0.771. The Hall–Kier alpha value is -3.01. The molecule has 2 heterocycles. The van der Waals surface area contributed by atoms with Crippen LogP contribution in [0.3, 0.4) is 0 Å². The van der Waals surface area contributed by atoms with Gasteiger partial charge in [0.1, 0.15) is 5.76 Å². The van der Waals surface area contributed by atoms with E-state index in [2.05, 4.69) is 17.4 Å². The lowest BCUT2D eigenvalue weighted by molar-refractivity contribution is 0.0665. The summed E-state index contributed by atoms with van der Waals surface area (Å²) in [4.78, 5) is 14.8. The maximum absolute atomic E-state index is 13.0. The number of para-hydroxylation sites is 1. The highest BCUT2D eigenvalue weighted by Gasteiger charge is 2.33. The van der Waals surface area contributed by atoms with Gasteiger partial charge in [0.2, 0.25) is 0 Å². The number of rotatable bonds is 4. The molecule has 0 bridgehead atoms. The van der Waals surface area contributed by atoms with Crippen LogP contribution in [0.2, 0.25) is 0 Å². The van der Waals surface area contributed by atoms with Gasteiger partial charge < -0.3 is 14.6 Å². The SMILES string of the molecule is O=C1c2ccccc2NC(c2ccco2)N1CCc1ccccc1. The van der Waals surface area contributed by atoms with Crippen molar-refractivity contribution >= 4 is 11.6 Å². The third kappa shape index (κ3) is 2.67. The summed E-state index contributed by atoms with van der Waals surface area (Å²) in [6.45, 7) is 0.621. The minimum absolute atomic E-state index is 0.0293. The summed E-state index contributed by atoms with van der Waals surface area (Å²) >= 11 is 0. The van der Waals surface area contributed by atoms with Crippen molar-refractivity contribution in [2.45, 2.75) is 12.6 Å². The van der Waals surface area contributed by atoms with Crippen LogP contribution < -0.4 is 5.32 Å². The van der Waals surface area contributed by atoms with Gasteiger partial charge in [0, 0.05) is 12.2 Å². The fourth-order valence-corrected chi connectivity index (χ4v) is 3.09. The fraction of sp³-hybridized carbons (Fsp3) is 0.150. The number of furan rings is 1. The standard InChI is InChI=1S/C20H18N2O2/c23-20-16-9-4-5-10-17(16)21-19(18-11-6-14-24-18)22(20)13-12-15-7-2-1-3-8-15/h1-11,14,19,21H,12-13H2. The Morgan fingerprint density at radius 3 is 2.54 bits per heavy atom. The van der Waals surface area contributed by atoms with E-state index in [0.717, 1.165) is 17.9 Å². The molecule has 3 aromatic rings. The van der Waals surface area contributed by atoms with Gasteiger partial charge in [0.05, 0.1) is 11.8 Å². The fourth-order valence-electron chi connectivity index (χ4n) is 3.09. The highest BCUT2D eigenvalue weighted by molar-refractivity contribution is 6.01. The van der Waals surface area contributed by atoms with E-state index in [9.17, 15) is 4.79 Å². The topological polar surface area (TPSA) is 45.5 Å². The molecule has 0 radical (unpaired) electrons. The number of carbonyl (C=O) groups is 1. The lowest BCUT2D eigenvalue weighted by atomic mass is 10.1. The molecule has 0 saturated carbocycles. The van der Waals surface area contributed by atoms with E-state index in [1.54, 1.807) is 6.26 Å². The quantitative estimate of drug-likeness (QED) is 0.788. The maximum atomic E-state index is 13.0. The average molecular weight is 318 g/mol. The molecule has 1 N–H and O–H groups in total. The molecule has 1 unspecified atom stereocenters. The summed E-state index contributed by atoms with van der Waals surface area (Å²) in [7, 11) is 0. The number of nitrogens with one attached hydrogen (secondary N) is 1. The smallest absolute Gasteiger partial charge is 0.257 e. The van der Waals surface area contributed by atoms with Crippen LogP contribution in [0.4, 0.5) is 5.69 Å². The molecule has 120 valence electrons. The van der Waals surface area contributed by atoms with Gasteiger partial charge in [-0.2, -0.15) is 0 Å². The zero-order chi connectivity index (χ0) is 16.4. The number of nitrogens with zero attached hydrogens (tertiary/aromatic N) is 1. The molecule has 0 fully saturated rings. The second-order valence-corrected chi connectivity index (χ2v) is 5.84. The van der Waals surface area contributed by atoms with Gasteiger partial charge in [-0.15, -0.1) is 0 Å². The molecule has 0 saturated heterocycles. The van der Waals surface area contributed by atoms with E-state index in [4.69, 9.17) is 4.42 Å². The Morgan fingerprint density at radius 2 is 1.75 bits per heavy atom. The van der Waals surface area contributed by atoms with Gasteiger partial charge in [-0.1, -0.05) is 42.5 Å². The van der Waals surface area contributed by atoms with Gasteiger partial charge in [-0.3, -0.25) is 4.79 Å². The van der Waals surface area contributed by atoms with Crippen LogP contribution in [0.5, 0.6) is 0 Å². The number of benzene rings is 2. The molecular formula is C20H18N2O2. The van der Waals surface area contributed by atoms with Gasteiger partial charge in [0.25, 0.3) is 5.91 Å². The van der Waals surface area contributed by atoms with Crippen LogP contribution in [0.1, 0.15) is 27.8 Å². The molecule has 4 heteroatoms. The van der Waals surface area contributed by atoms with Gasteiger partial charge in [-0.05, 0) is 36.2 Å². The predicted octanol–water partition coefficient (Wildman–Crippen LogP) is 4.09. The van der Waals surface area contributed by atoms with Crippen molar-refractivity contribution < 1.29 is 9.21 Å². The molecule has 1 atom stereocenters. The van der Waals surface area contributed by atoms with Gasteiger partial charge >= 0.3 is 0 Å². The number of carbonyl (C=O) groups excluding carboxylic acids is 1. The zero-order valence-electron chi connectivity index (χ0n) is 13.2. The number of fused-ring (bicyclic) bond motifs is 1. The van der Waals surface area contributed by atoms with Crippen molar-refractivity contribution in [1.29, 1.82) is 0 Å². The molecule has 4 rings (SSSR count). The number of hydrogen-bond acceptors (Lipinski definition) is 3. The molecule has 0 spiro atoms. The van der Waals surface area contributed by atoms with Crippen LogP contribution >= 0.6 is 0 Å². The van der Waals surface area contributed by atoms with Crippen LogP contribution in [0.25, 0.3) is 0 Å². The lowest BCUT2D eigenvalue weighted by Crippen LogP contribution is -2.43. The number of amides is 1. The van der Waals surface area contributed by atoms with Crippen LogP contribution in [0.15, 0.2) is 77.4 Å². The average Bonchev–Trinajstić information content (AvgIpc) is 3.16. The Morgan fingerprint density at radius 1 is 0.958 bits per heavy atom. The predicted molar refractivity (Wildman–Crippen MR) is 92.7 cm³/mol. The highest BCUT2D eigenvalue weighted by Crippen LogP contribution is 2.33. The highest BCUT2D eigenvalue weighted by atomic mass is 16.3. The molecule has 24 heavy (non-hydrogen) atoms. The third-order valence-electron chi connectivity index (χ3n) is 4.32. The molecule has 1 aliphatic heterocycles. The normalized spacial score (nSPS) is 16.6. The van der Waals surface area contributed by atoms with E-state index in [1.165, 1.54) is 5.56 Å². The first kappa shape index (κ1) is 14.6. The van der Waals surface area contributed by atoms with Crippen molar-refractivity contribution in [2.75, 3.05) is 11.9 Å². The van der Waals surface area contributed by atoms with Crippen molar-refractivity contribution in [2.24, 2.45) is 0 Å². The minimum atomic E-state index is -0.286. The summed E-state index contributed by atoms with van der Waals surface area (Å²) < 4.78 is 5.56. The first-order chi connectivity index (χ1) is 11.8. The zero-order valence-corrected chi connectivity index (χ0v) is 13.2. The molecular weight excluding hydrogens is 300 g/mol. The number of hydrogen-bond donors (Lipinski definition) is 1. The van der Waals surface area contributed by atoms with Crippen LogP contribution in [-0.2, 0) is 6.42 Å². The molecule has 4 nitrogen and oxygen atoms in total. The minimum Gasteiger partial charge on any atom is -0.465 e. The third-order valence-corrected chi connectivity index (χ3v) is 4.32. The maximum Gasteiger partial charge on any atom is 0.257 e. The largest absolute Gasteiger partial charge is 0.465 e. The summed E-state index contributed by atoms with van der Waals surface area (Å²) in [5.41, 5.74) is 2.76. The molecule has 0 aliphatic carbocycles. The van der Waals surface area contributed by atoms with E-state index >= 15 is 0 Å². The molecule has 1 aliphatic rings. The molecule has 1 aromatic heterocycles. The molecule has 1 amide bonds. The van der Waals surface area contributed by atoms with Gasteiger partial charge in [0.15, 0.2) is 6.17 Å². The van der Waals surface area contributed by atoms with E-state index in [-0.39, 0.29) is 12.1 Å². The Bertz CT molecular complexity index is 828.